The van der Waals surface area contributed by atoms with E-state index < -0.39 is 0 Å². The minimum atomic E-state index is -0.231. The van der Waals surface area contributed by atoms with Gasteiger partial charge in [0.05, 0.1) is 5.69 Å². The molecule has 0 aliphatic rings. The van der Waals surface area contributed by atoms with Gasteiger partial charge in [-0.3, -0.25) is 0 Å². The summed E-state index contributed by atoms with van der Waals surface area (Å²) in [6, 6.07) is 6.75. The molecule has 1 unspecified atom stereocenters. The first-order chi connectivity index (χ1) is 9.17. The number of likely N-dealkylation sites (N-methyl/N-ethyl adjacent to an activating group) is 1. The van der Waals surface area contributed by atoms with E-state index in [9.17, 15) is 4.39 Å². The van der Waals surface area contributed by atoms with Gasteiger partial charge in [-0.15, -0.1) is 0 Å². The molecule has 0 fully saturated rings. The molecule has 0 aliphatic heterocycles. The zero-order chi connectivity index (χ0) is 13.8. The summed E-state index contributed by atoms with van der Waals surface area (Å²) in [5.41, 5.74) is 2.18. The van der Waals surface area contributed by atoms with Crippen LogP contribution in [0.2, 0.25) is 0 Å². The molecule has 3 nitrogen and oxygen atoms in total. The van der Waals surface area contributed by atoms with Gasteiger partial charge in [-0.05, 0) is 32.5 Å². The summed E-state index contributed by atoms with van der Waals surface area (Å²) in [6.07, 6.45) is 0.991. The number of aryl methyl sites for hydroxylation is 1. The van der Waals surface area contributed by atoms with E-state index in [1.807, 2.05) is 20.0 Å². The Balaban J connectivity index is 2.39. The molecular weight excluding hydrogens is 241 g/mol. The summed E-state index contributed by atoms with van der Waals surface area (Å²) in [4.78, 5) is 7.88. The van der Waals surface area contributed by atoms with E-state index >= 15 is 0 Å². The van der Waals surface area contributed by atoms with Crippen molar-refractivity contribution in [3.8, 4) is 11.3 Å². The summed E-state index contributed by atoms with van der Waals surface area (Å²) in [7, 11) is 1.93. The zero-order valence-electron chi connectivity index (χ0n) is 11.6. The van der Waals surface area contributed by atoms with Crippen molar-refractivity contribution < 1.29 is 4.39 Å². The van der Waals surface area contributed by atoms with E-state index in [-0.39, 0.29) is 5.82 Å². The summed E-state index contributed by atoms with van der Waals surface area (Å²) >= 11 is 0. The van der Waals surface area contributed by atoms with Crippen molar-refractivity contribution in [2.75, 3.05) is 13.6 Å². The summed E-state index contributed by atoms with van der Waals surface area (Å²) < 4.78 is 13.8. The monoisotopic (exact) mass is 261 g/mol. The maximum absolute atomic E-state index is 13.8. The highest BCUT2D eigenvalue weighted by Gasteiger charge is 2.17. The van der Waals surface area contributed by atoms with Crippen molar-refractivity contribution in [1.29, 1.82) is 0 Å². The van der Waals surface area contributed by atoms with E-state index in [4.69, 9.17) is 0 Å². The fourth-order valence-electron chi connectivity index (χ4n) is 2.27. The van der Waals surface area contributed by atoms with Crippen LogP contribution < -0.4 is 5.32 Å². The SMILES string of the molecule is CCC(CNC)c1nc(-c2ccccc2F)c(C)[nH]1. The van der Waals surface area contributed by atoms with Crippen molar-refractivity contribution in [1.82, 2.24) is 15.3 Å². The Morgan fingerprint density at radius 1 is 1.37 bits per heavy atom. The van der Waals surface area contributed by atoms with Gasteiger partial charge in [0, 0.05) is 23.7 Å². The summed E-state index contributed by atoms with van der Waals surface area (Å²) in [5.74, 6) is 1.02. The fourth-order valence-corrected chi connectivity index (χ4v) is 2.27. The average Bonchev–Trinajstić information content (AvgIpc) is 2.78. The van der Waals surface area contributed by atoms with Gasteiger partial charge in [-0.25, -0.2) is 9.37 Å². The molecule has 2 aromatic rings. The molecule has 0 radical (unpaired) electrons. The topological polar surface area (TPSA) is 40.7 Å². The number of imidazole rings is 1. The molecule has 1 atom stereocenters. The van der Waals surface area contributed by atoms with Crippen LogP contribution >= 0.6 is 0 Å². The third-order valence-electron chi connectivity index (χ3n) is 3.36. The number of hydrogen-bond acceptors (Lipinski definition) is 2. The molecular formula is C15H20FN3. The van der Waals surface area contributed by atoms with Gasteiger partial charge in [0.15, 0.2) is 0 Å². The maximum atomic E-state index is 13.8. The number of hydrogen-bond donors (Lipinski definition) is 2. The Hall–Kier alpha value is -1.68. The molecule has 2 N–H and O–H groups in total. The molecule has 1 heterocycles. The lowest BCUT2D eigenvalue weighted by molar-refractivity contribution is 0.585. The maximum Gasteiger partial charge on any atom is 0.132 e. The summed E-state index contributed by atoms with van der Waals surface area (Å²) in [5, 5.41) is 3.16. The predicted molar refractivity (Wildman–Crippen MR) is 75.7 cm³/mol. The highest BCUT2D eigenvalue weighted by atomic mass is 19.1. The van der Waals surface area contributed by atoms with Gasteiger partial charge >= 0.3 is 0 Å². The smallest absolute Gasteiger partial charge is 0.132 e. The van der Waals surface area contributed by atoms with Crippen molar-refractivity contribution in [2.24, 2.45) is 0 Å². The molecule has 0 bridgehead atoms. The molecule has 1 aromatic carbocycles. The van der Waals surface area contributed by atoms with Gasteiger partial charge in [0.2, 0.25) is 0 Å². The Labute approximate surface area is 113 Å². The van der Waals surface area contributed by atoms with Crippen LogP contribution in [0.5, 0.6) is 0 Å². The molecule has 19 heavy (non-hydrogen) atoms. The molecule has 0 spiro atoms. The van der Waals surface area contributed by atoms with Crippen LogP contribution in [-0.4, -0.2) is 23.6 Å². The Bertz CT molecular complexity index is 548. The number of benzene rings is 1. The predicted octanol–water partition coefficient (Wildman–Crippen LogP) is 3.24. The Morgan fingerprint density at radius 3 is 2.74 bits per heavy atom. The third-order valence-corrected chi connectivity index (χ3v) is 3.36. The van der Waals surface area contributed by atoms with Crippen molar-refractivity contribution in [2.45, 2.75) is 26.2 Å². The molecule has 0 saturated carbocycles. The lowest BCUT2D eigenvalue weighted by Gasteiger charge is -2.10. The molecule has 102 valence electrons. The Morgan fingerprint density at radius 2 is 2.11 bits per heavy atom. The fraction of sp³-hybridized carbons (Fsp3) is 0.400. The van der Waals surface area contributed by atoms with Gasteiger partial charge in [0.25, 0.3) is 0 Å². The van der Waals surface area contributed by atoms with E-state index in [1.165, 1.54) is 6.07 Å². The summed E-state index contributed by atoms with van der Waals surface area (Å²) in [6.45, 7) is 4.92. The van der Waals surface area contributed by atoms with E-state index in [0.29, 0.717) is 17.2 Å². The normalized spacial score (nSPS) is 12.6. The molecule has 1 aromatic heterocycles. The molecule has 2 rings (SSSR count). The number of aromatic amines is 1. The number of rotatable bonds is 5. The number of nitrogens with zero attached hydrogens (tertiary/aromatic N) is 1. The van der Waals surface area contributed by atoms with Crippen LogP contribution in [0.15, 0.2) is 24.3 Å². The van der Waals surface area contributed by atoms with E-state index in [1.54, 1.807) is 12.1 Å². The second-order valence-corrected chi connectivity index (χ2v) is 4.74. The van der Waals surface area contributed by atoms with E-state index in [2.05, 4.69) is 22.2 Å². The van der Waals surface area contributed by atoms with Crippen LogP contribution in [0.25, 0.3) is 11.3 Å². The van der Waals surface area contributed by atoms with E-state index in [0.717, 1.165) is 24.5 Å². The second-order valence-electron chi connectivity index (χ2n) is 4.74. The first-order valence-electron chi connectivity index (χ1n) is 6.63. The second kappa shape index (κ2) is 5.97. The van der Waals surface area contributed by atoms with Crippen molar-refractivity contribution in [3.63, 3.8) is 0 Å². The van der Waals surface area contributed by atoms with Gasteiger partial charge in [-0.1, -0.05) is 19.1 Å². The Kier molecular flexibility index (Phi) is 4.32. The number of nitrogens with one attached hydrogen (secondary N) is 2. The number of H-pyrrole nitrogens is 1. The van der Waals surface area contributed by atoms with Crippen LogP contribution in [0.1, 0.15) is 30.8 Å². The quantitative estimate of drug-likeness (QED) is 0.867. The highest BCUT2D eigenvalue weighted by Crippen LogP contribution is 2.26. The van der Waals surface area contributed by atoms with Crippen molar-refractivity contribution >= 4 is 0 Å². The highest BCUT2D eigenvalue weighted by molar-refractivity contribution is 5.62. The van der Waals surface area contributed by atoms with Gasteiger partial charge in [0.1, 0.15) is 11.6 Å². The number of aromatic nitrogens is 2. The van der Waals surface area contributed by atoms with Crippen LogP contribution in [-0.2, 0) is 0 Å². The molecule has 0 amide bonds. The minimum absolute atomic E-state index is 0.231. The molecule has 0 aliphatic carbocycles. The van der Waals surface area contributed by atoms with Crippen LogP contribution in [0.4, 0.5) is 4.39 Å². The molecule has 4 heteroatoms. The zero-order valence-corrected chi connectivity index (χ0v) is 11.6. The van der Waals surface area contributed by atoms with Crippen molar-refractivity contribution in [3.05, 3.63) is 41.6 Å². The lowest BCUT2D eigenvalue weighted by atomic mass is 10.1. The number of halogens is 1. The van der Waals surface area contributed by atoms with Crippen LogP contribution in [0, 0.1) is 12.7 Å². The average molecular weight is 261 g/mol. The lowest BCUT2D eigenvalue weighted by Crippen LogP contribution is -2.17. The van der Waals surface area contributed by atoms with Gasteiger partial charge in [-0.2, -0.15) is 0 Å². The van der Waals surface area contributed by atoms with Crippen LogP contribution in [0.3, 0.4) is 0 Å². The standard InChI is InChI=1S/C15H20FN3/c1-4-11(9-17-3)15-18-10(2)14(19-15)12-7-5-6-8-13(12)16/h5-8,11,17H,4,9H2,1-3H3,(H,18,19). The van der Waals surface area contributed by atoms with Gasteiger partial charge < -0.3 is 10.3 Å². The minimum Gasteiger partial charge on any atom is -0.345 e. The first-order valence-corrected chi connectivity index (χ1v) is 6.63. The largest absolute Gasteiger partial charge is 0.345 e. The third kappa shape index (κ3) is 2.84. The first kappa shape index (κ1) is 13.7. The molecule has 0 saturated heterocycles.